The minimum absolute atomic E-state index is 0.129. The zero-order chi connectivity index (χ0) is 23.5. The van der Waals surface area contributed by atoms with Crippen LogP contribution >= 0.6 is 46.4 Å². The van der Waals surface area contributed by atoms with Crippen molar-refractivity contribution in [3.8, 4) is 5.75 Å². The fourth-order valence-electron chi connectivity index (χ4n) is 3.24. The number of imide groups is 1. The van der Waals surface area contributed by atoms with Crippen molar-refractivity contribution in [2.24, 2.45) is 0 Å². The Kier molecular flexibility index (Phi) is 7.15. The van der Waals surface area contributed by atoms with Gasteiger partial charge in [-0.05, 0) is 41.5 Å². The summed E-state index contributed by atoms with van der Waals surface area (Å²) in [6, 6.07) is 17.0. The number of ether oxygens (including phenoxy) is 1. The molecule has 168 valence electrons. The van der Waals surface area contributed by atoms with Gasteiger partial charge in [0.2, 0.25) is 0 Å². The summed E-state index contributed by atoms with van der Waals surface area (Å²) in [4.78, 5) is 26.2. The van der Waals surface area contributed by atoms with Crippen LogP contribution in [0.5, 0.6) is 5.75 Å². The zero-order valence-electron chi connectivity index (χ0n) is 16.9. The van der Waals surface area contributed by atoms with Gasteiger partial charge in [0.15, 0.2) is 5.75 Å². The monoisotopic (exact) mass is 520 g/mol. The second-order valence-corrected chi connectivity index (χ2v) is 8.86. The standard InChI is InChI=1S/C24H16Cl4N2O3/c25-17-7-6-16(18(26)11-17)13-33-22-19(27)8-15(9-20(22)28)10-21-23(31)30(24(32)29-21)12-14-4-2-1-3-5-14/h1-11H,12-13H2,(H,29,32)/b21-10+. The van der Waals surface area contributed by atoms with Crippen molar-refractivity contribution in [3.05, 3.63) is 103 Å². The highest BCUT2D eigenvalue weighted by molar-refractivity contribution is 6.37. The van der Waals surface area contributed by atoms with E-state index in [4.69, 9.17) is 51.1 Å². The van der Waals surface area contributed by atoms with Gasteiger partial charge >= 0.3 is 6.03 Å². The van der Waals surface area contributed by atoms with Crippen LogP contribution in [0.25, 0.3) is 6.08 Å². The minimum Gasteiger partial charge on any atom is -0.486 e. The third-order valence-corrected chi connectivity index (χ3v) is 6.01. The van der Waals surface area contributed by atoms with Crippen molar-refractivity contribution >= 4 is 64.4 Å². The van der Waals surface area contributed by atoms with Crippen LogP contribution in [-0.4, -0.2) is 16.8 Å². The van der Waals surface area contributed by atoms with Crippen LogP contribution in [-0.2, 0) is 17.9 Å². The Morgan fingerprint density at radius 1 is 0.879 bits per heavy atom. The number of benzene rings is 3. The Morgan fingerprint density at radius 2 is 1.58 bits per heavy atom. The number of nitrogens with one attached hydrogen (secondary N) is 1. The highest BCUT2D eigenvalue weighted by Gasteiger charge is 2.33. The summed E-state index contributed by atoms with van der Waals surface area (Å²) >= 11 is 24.8. The number of carbonyl (C=O) groups excluding carboxylic acids is 2. The first-order valence-corrected chi connectivity index (χ1v) is 11.3. The van der Waals surface area contributed by atoms with Gasteiger partial charge in [0.1, 0.15) is 12.3 Å². The SMILES string of the molecule is O=C1N/C(=C/c2cc(Cl)c(OCc3ccc(Cl)cc3Cl)c(Cl)c2)C(=O)N1Cc1ccccc1. The van der Waals surface area contributed by atoms with Crippen molar-refractivity contribution in [2.75, 3.05) is 0 Å². The number of hydrogen-bond donors (Lipinski definition) is 1. The molecule has 9 heteroatoms. The molecule has 0 radical (unpaired) electrons. The minimum atomic E-state index is -0.493. The third-order valence-electron chi connectivity index (χ3n) is 4.86. The highest BCUT2D eigenvalue weighted by Crippen LogP contribution is 2.36. The number of nitrogens with zero attached hydrogens (tertiary/aromatic N) is 1. The molecule has 1 aliphatic heterocycles. The van der Waals surface area contributed by atoms with Crippen LogP contribution in [0.15, 0.2) is 66.4 Å². The molecule has 5 nitrogen and oxygen atoms in total. The maximum atomic E-state index is 12.7. The number of urea groups is 1. The fourth-order valence-corrected chi connectivity index (χ4v) is 4.31. The first-order valence-electron chi connectivity index (χ1n) is 9.76. The topological polar surface area (TPSA) is 58.6 Å². The maximum absolute atomic E-state index is 12.7. The van der Waals surface area contributed by atoms with E-state index in [1.54, 1.807) is 30.3 Å². The second kappa shape index (κ2) is 10.1. The normalized spacial score (nSPS) is 14.7. The molecule has 1 aliphatic rings. The second-order valence-electron chi connectivity index (χ2n) is 7.20. The van der Waals surface area contributed by atoms with Crippen molar-refractivity contribution in [2.45, 2.75) is 13.2 Å². The molecule has 3 aromatic rings. The van der Waals surface area contributed by atoms with Crippen LogP contribution in [0.4, 0.5) is 4.79 Å². The lowest BCUT2D eigenvalue weighted by molar-refractivity contribution is -0.123. The summed E-state index contributed by atoms with van der Waals surface area (Å²) in [5.41, 5.74) is 2.23. The van der Waals surface area contributed by atoms with Crippen molar-refractivity contribution in [3.63, 3.8) is 0 Å². The highest BCUT2D eigenvalue weighted by atomic mass is 35.5. The van der Waals surface area contributed by atoms with Crippen LogP contribution < -0.4 is 10.1 Å². The quantitative estimate of drug-likeness (QED) is 0.281. The Balaban J connectivity index is 1.50. The molecule has 0 spiro atoms. The molecule has 0 aromatic heterocycles. The molecule has 4 rings (SSSR count). The van der Waals surface area contributed by atoms with Crippen LogP contribution in [0.1, 0.15) is 16.7 Å². The smallest absolute Gasteiger partial charge is 0.329 e. The molecule has 3 aromatic carbocycles. The van der Waals surface area contributed by atoms with E-state index in [1.807, 2.05) is 30.3 Å². The van der Waals surface area contributed by atoms with Crippen molar-refractivity contribution < 1.29 is 14.3 Å². The summed E-state index contributed by atoms with van der Waals surface area (Å²) in [6.07, 6.45) is 1.52. The van der Waals surface area contributed by atoms with Gasteiger partial charge in [0, 0.05) is 15.6 Å². The summed E-state index contributed by atoms with van der Waals surface area (Å²) in [5, 5.41) is 4.07. The molecule has 1 saturated heterocycles. The molecule has 1 fully saturated rings. The van der Waals surface area contributed by atoms with E-state index in [1.165, 1.54) is 6.08 Å². The van der Waals surface area contributed by atoms with Gasteiger partial charge in [-0.1, -0.05) is 82.8 Å². The molecular weight excluding hydrogens is 506 g/mol. The molecule has 0 aliphatic carbocycles. The molecular formula is C24H16Cl4N2O3. The van der Waals surface area contributed by atoms with Crippen LogP contribution in [0, 0.1) is 0 Å². The van der Waals surface area contributed by atoms with Gasteiger partial charge in [-0.3, -0.25) is 9.69 Å². The molecule has 0 bridgehead atoms. The van der Waals surface area contributed by atoms with E-state index in [-0.39, 0.29) is 34.6 Å². The predicted molar refractivity (Wildman–Crippen MR) is 131 cm³/mol. The summed E-state index contributed by atoms with van der Waals surface area (Å²) < 4.78 is 5.76. The van der Waals surface area contributed by atoms with Gasteiger partial charge in [-0.15, -0.1) is 0 Å². The lowest BCUT2D eigenvalue weighted by Crippen LogP contribution is -2.30. The first-order chi connectivity index (χ1) is 15.8. The predicted octanol–water partition coefficient (Wildman–Crippen LogP) is 6.97. The lowest BCUT2D eigenvalue weighted by Gasteiger charge is -2.12. The maximum Gasteiger partial charge on any atom is 0.329 e. The van der Waals surface area contributed by atoms with E-state index in [0.717, 1.165) is 16.0 Å². The van der Waals surface area contributed by atoms with Crippen LogP contribution in [0.3, 0.4) is 0 Å². The van der Waals surface area contributed by atoms with E-state index >= 15 is 0 Å². The molecule has 1 N–H and O–H groups in total. The third kappa shape index (κ3) is 5.45. The van der Waals surface area contributed by atoms with Gasteiger partial charge in [0.25, 0.3) is 5.91 Å². The largest absolute Gasteiger partial charge is 0.486 e. The number of halogens is 4. The number of carbonyl (C=O) groups is 2. The molecule has 3 amide bonds. The number of rotatable bonds is 6. The first kappa shape index (κ1) is 23.5. The Bertz CT molecular complexity index is 1240. The van der Waals surface area contributed by atoms with Gasteiger partial charge in [0.05, 0.1) is 16.6 Å². The Labute approximate surface area is 210 Å². The molecule has 0 saturated carbocycles. The number of amides is 3. The average Bonchev–Trinajstić information content (AvgIpc) is 3.02. The van der Waals surface area contributed by atoms with Crippen molar-refractivity contribution in [1.82, 2.24) is 10.2 Å². The van der Waals surface area contributed by atoms with E-state index in [9.17, 15) is 9.59 Å². The molecule has 33 heavy (non-hydrogen) atoms. The summed E-state index contributed by atoms with van der Waals surface area (Å²) in [5.74, 6) is -0.159. The fraction of sp³-hybridized carbons (Fsp3) is 0.0833. The number of hydrogen-bond acceptors (Lipinski definition) is 3. The average molecular weight is 522 g/mol. The molecule has 1 heterocycles. The summed E-state index contributed by atoms with van der Waals surface area (Å²) in [7, 11) is 0. The lowest BCUT2D eigenvalue weighted by atomic mass is 10.1. The molecule has 0 atom stereocenters. The Hall–Kier alpha value is -2.70. The van der Waals surface area contributed by atoms with E-state index in [2.05, 4.69) is 5.32 Å². The van der Waals surface area contributed by atoms with E-state index < -0.39 is 11.9 Å². The van der Waals surface area contributed by atoms with E-state index in [0.29, 0.717) is 15.6 Å². The van der Waals surface area contributed by atoms with Gasteiger partial charge in [-0.25, -0.2) is 4.79 Å². The molecule has 0 unspecified atom stereocenters. The van der Waals surface area contributed by atoms with Gasteiger partial charge < -0.3 is 10.1 Å². The Morgan fingerprint density at radius 3 is 2.24 bits per heavy atom. The van der Waals surface area contributed by atoms with Crippen molar-refractivity contribution in [1.29, 1.82) is 0 Å². The van der Waals surface area contributed by atoms with Gasteiger partial charge in [-0.2, -0.15) is 0 Å². The van der Waals surface area contributed by atoms with Crippen LogP contribution in [0.2, 0.25) is 20.1 Å². The zero-order valence-corrected chi connectivity index (χ0v) is 20.0. The summed E-state index contributed by atoms with van der Waals surface area (Å²) in [6.45, 7) is 0.309.